The van der Waals surface area contributed by atoms with Crippen LogP contribution in [0.4, 0.5) is 0 Å². The van der Waals surface area contributed by atoms with E-state index in [1.165, 1.54) is 25.7 Å². The van der Waals surface area contributed by atoms with E-state index in [1.54, 1.807) is 0 Å². The molecule has 0 aromatic rings. The lowest BCUT2D eigenvalue weighted by Gasteiger charge is -2.21. The lowest BCUT2D eigenvalue weighted by Crippen LogP contribution is -2.28. The maximum atomic E-state index is 11.7. The summed E-state index contributed by atoms with van der Waals surface area (Å²) in [6.07, 6.45) is 9.93. The minimum Gasteiger partial charge on any atom is -0.229 e. The van der Waals surface area contributed by atoms with Crippen LogP contribution in [-0.2, 0) is 9.84 Å². The van der Waals surface area contributed by atoms with Crippen LogP contribution in [0.1, 0.15) is 64.7 Å². The third-order valence-corrected chi connectivity index (χ3v) is 5.69. The zero-order chi connectivity index (χ0) is 11.1. The van der Waals surface area contributed by atoms with E-state index in [0.717, 1.165) is 32.1 Å². The van der Waals surface area contributed by atoms with Gasteiger partial charge in [-0.15, -0.1) is 0 Å². The molecule has 1 atom stereocenters. The molecule has 1 aliphatic rings. The second-order valence-electron chi connectivity index (χ2n) is 4.69. The van der Waals surface area contributed by atoms with Gasteiger partial charge in [0.2, 0.25) is 0 Å². The Morgan fingerprint density at radius 3 is 2.47 bits per heavy atom. The van der Waals surface area contributed by atoms with Gasteiger partial charge in [-0.1, -0.05) is 45.4 Å². The highest BCUT2D eigenvalue weighted by atomic mass is 32.2. The highest BCUT2D eigenvalue weighted by Crippen LogP contribution is 2.24. The lowest BCUT2D eigenvalue weighted by atomic mass is 10.1. The fourth-order valence-corrected chi connectivity index (χ4v) is 4.31. The molecule has 0 saturated carbocycles. The Morgan fingerprint density at radius 1 is 1.07 bits per heavy atom. The summed E-state index contributed by atoms with van der Waals surface area (Å²) in [5.41, 5.74) is 0. The average Bonchev–Trinajstić information content (AvgIpc) is 2.19. The van der Waals surface area contributed by atoms with Gasteiger partial charge in [0.15, 0.2) is 9.84 Å². The van der Waals surface area contributed by atoms with Crippen LogP contribution in [0.3, 0.4) is 0 Å². The van der Waals surface area contributed by atoms with Crippen molar-refractivity contribution in [2.45, 2.75) is 70.0 Å². The van der Waals surface area contributed by atoms with Crippen molar-refractivity contribution in [1.82, 2.24) is 0 Å². The molecular formula is C12H24O2S. The van der Waals surface area contributed by atoms with Gasteiger partial charge in [0.25, 0.3) is 0 Å². The molecule has 3 heteroatoms. The third-order valence-electron chi connectivity index (χ3n) is 3.34. The molecule has 0 radical (unpaired) electrons. The average molecular weight is 232 g/mol. The van der Waals surface area contributed by atoms with Crippen molar-refractivity contribution >= 4 is 9.84 Å². The first-order valence-corrected chi connectivity index (χ1v) is 8.10. The molecule has 1 fully saturated rings. The van der Waals surface area contributed by atoms with Crippen LogP contribution >= 0.6 is 0 Å². The van der Waals surface area contributed by atoms with Gasteiger partial charge in [-0.05, 0) is 19.3 Å². The lowest BCUT2D eigenvalue weighted by molar-refractivity contribution is 0.508. The predicted molar refractivity (Wildman–Crippen MR) is 64.8 cm³/mol. The van der Waals surface area contributed by atoms with Crippen LogP contribution in [0.15, 0.2) is 0 Å². The summed E-state index contributed by atoms with van der Waals surface area (Å²) < 4.78 is 23.4. The fourth-order valence-electron chi connectivity index (χ4n) is 2.32. The van der Waals surface area contributed by atoms with Crippen LogP contribution in [0, 0.1) is 0 Å². The van der Waals surface area contributed by atoms with Gasteiger partial charge in [-0.3, -0.25) is 0 Å². The third kappa shape index (κ3) is 4.54. The largest absolute Gasteiger partial charge is 0.229 e. The summed E-state index contributed by atoms with van der Waals surface area (Å²) in [5, 5.41) is -0.00660. The van der Waals surface area contributed by atoms with E-state index >= 15 is 0 Å². The van der Waals surface area contributed by atoms with Gasteiger partial charge < -0.3 is 0 Å². The second-order valence-corrected chi connectivity index (χ2v) is 7.09. The Bertz CT molecular complexity index is 257. The normalized spacial score (nSPS) is 25.3. The Kier molecular flexibility index (Phi) is 5.65. The van der Waals surface area contributed by atoms with E-state index in [2.05, 4.69) is 6.92 Å². The minimum absolute atomic E-state index is 0.00660. The molecule has 1 aliphatic heterocycles. The molecule has 0 aromatic heterocycles. The van der Waals surface area contributed by atoms with Gasteiger partial charge in [-0.2, -0.15) is 0 Å². The molecule has 0 spiro atoms. The number of sulfone groups is 1. The Balaban J connectivity index is 2.19. The molecule has 1 unspecified atom stereocenters. The van der Waals surface area contributed by atoms with Crippen molar-refractivity contribution in [3.8, 4) is 0 Å². The molecule has 0 aromatic carbocycles. The van der Waals surface area contributed by atoms with E-state index in [0.29, 0.717) is 5.75 Å². The van der Waals surface area contributed by atoms with E-state index in [1.807, 2.05) is 0 Å². The van der Waals surface area contributed by atoms with Crippen molar-refractivity contribution in [1.29, 1.82) is 0 Å². The van der Waals surface area contributed by atoms with Gasteiger partial charge in [0.05, 0.1) is 11.0 Å². The number of unbranched alkanes of at least 4 members (excludes halogenated alkanes) is 4. The summed E-state index contributed by atoms with van der Waals surface area (Å²) in [6.45, 7) is 2.20. The quantitative estimate of drug-likeness (QED) is 0.658. The minimum atomic E-state index is -2.72. The Morgan fingerprint density at radius 2 is 1.80 bits per heavy atom. The standard InChI is InChI=1S/C12H24O2S/c1-2-3-4-5-6-9-12-10-7-8-11-15(12,13)14/h12H,2-11H2,1H3. The monoisotopic (exact) mass is 232 g/mol. The van der Waals surface area contributed by atoms with Crippen molar-refractivity contribution in [2.75, 3.05) is 5.75 Å². The summed E-state index contributed by atoms with van der Waals surface area (Å²) in [4.78, 5) is 0. The summed E-state index contributed by atoms with van der Waals surface area (Å²) >= 11 is 0. The molecule has 2 nitrogen and oxygen atoms in total. The summed E-state index contributed by atoms with van der Waals surface area (Å²) in [6, 6.07) is 0. The fraction of sp³-hybridized carbons (Fsp3) is 1.00. The van der Waals surface area contributed by atoms with Crippen LogP contribution < -0.4 is 0 Å². The van der Waals surface area contributed by atoms with Crippen molar-refractivity contribution in [3.05, 3.63) is 0 Å². The number of rotatable bonds is 6. The van der Waals surface area contributed by atoms with Crippen LogP contribution in [-0.4, -0.2) is 19.4 Å². The van der Waals surface area contributed by atoms with E-state index in [4.69, 9.17) is 0 Å². The maximum Gasteiger partial charge on any atom is 0.153 e. The van der Waals surface area contributed by atoms with Crippen LogP contribution in [0.25, 0.3) is 0 Å². The summed E-state index contributed by atoms with van der Waals surface area (Å²) in [7, 11) is -2.72. The van der Waals surface area contributed by atoms with E-state index in [9.17, 15) is 8.42 Å². The highest BCUT2D eigenvalue weighted by Gasteiger charge is 2.27. The van der Waals surface area contributed by atoms with Crippen molar-refractivity contribution < 1.29 is 8.42 Å². The molecular weight excluding hydrogens is 208 g/mol. The number of hydrogen-bond acceptors (Lipinski definition) is 2. The van der Waals surface area contributed by atoms with Gasteiger partial charge in [0, 0.05) is 0 Å². The van der Waals surface area contributed by atoms with Crippen LogP contribution in [0.5, 0.6) is 0 Å². The Hall–Kier alpha value is -0.0500. The zero-order valence-electron chi connectivity index (χ0n) is 9.87. The Labute approximate surface area is 94.4 Å². The first kappa shape index (κ1) is 13.0. The van der Waals surface area contributed by atoms with Crippen molar-refractivity contribution in [2.24, 2.45) is 0 Å². The molecule has 15 heavy (non-hydrogen) atoms. The first-order chi connectivity index (χ1) is 7.17. The first-order valence-electron chi connectivity index (χ1n) is 6.38. The molecule has 1 heterocycles. The van der Waals surface area contributed by atoms with Crippen LogP contribution in [0.2, 0.25) is 0 Å². The highest BCUT2D eigenvalue weighted by molar-refractivity contribution is 7.92. The molecule has 1 rings (SSSR count). The topological polar surface area (TPSA) is 34.1 Å². The molecule has 90 valence electrons. The molecule has 0 aliphatic carbocycles. The van der Waals surface area contributed by atoms with Gasteiger partial charge >= 0.3 is 0 Å². The molecule has 0 bridgehead atoms. The SMILES string of the molecule is CCCCCCCC1CCCCS1(=O)=O. The predicted octanol–water partition coefficient (Wildman–Crippen LogP) is 3.31. The molecule has 1 saturated heterocycles. The van der Waals surface area contributed by atoms with E-state index < -0.39 is 9.84 Å². The molecule has 0 N–H and O–H groups in total. The summed E-state index contributed by atoms with van der Waals surface area (Å²) in [5.74, 6) is 0.437. The maximum absolute atomic E-state index is 11.7. The smallest absolute Gasteiger partial charge is 0.153 e. The zero-order valence-corrected chi connectivity index (χ0v) is 10.7. The number of hydrogen-bond donors (Lipinski definition) is 0. The van der Waals surface area contributed by atoms with Gasteiger partial charge in [-0.25, -0.2) is 8.42 Å². The second kappa shape index (κ2) is 6.51. The van der Waals surface area contributed by atoms with Crippen molar-refractivity contribution in [3.63, 3.8) is 0 Å². The van der Waals surface area contributed by atoms with Gasteiger partial charge in [0.1, 0.15) is 0 Å². The van der Waals surface area contributed by atoms with E-state index in [-0.39, 0.29) is 5.25 Å². The molecule has 0 amide bonds.